The number of hydrogen-bond donors (Lipinski definition) is 1. The lowest BCUT2D eigenvalue weighted by atomic mass is 10.1. The first-order valence-electron chi connectivity index (χ1n) is 8.57. The maximum absolute atomic E-state index is 13.1. The molecule has 1 aliphatic carbocycles. The van der Waals surface area contributed by atoms with Crippen LogP contribution in [0.3, 0.4) is 0 Å². The molecule has 0 unspecified atom stereocenters. The van der Waals surface area contributed by atoms with Crippen molar-refractivity contribution in [1.82, 2.24) is 4.72 Å². The highest BCUT2D eigenvalue weighted by molar-refractivity contribution is 7.89. The quantitative estimate of drug-likeness (QED) is 0.838. The zero-order chi connectivity index (χ0) is 19.1. The van der Waals surface area contributed by atoms with E-state index in [1.807, 2.05) is 51.1 Å². The Labute approximate surface area is 155 Å². The van der Waals surface area contributed by atoms with Crippen LogP contribution >= 0.6 is 0 Å². The zero-order valence-corrected chi connectivity index (χ0v) is 16.7. The number of ether oxygens (including phenoxy) is 2. The molecule has 0 spiro atoms. The average Bonchev–Trinajstić information content (AvgIpc) is 3.32. The Kier molecular flexibility index (Phi) is 4.75. The van der Waals surface area contributed by atoms with Gasteiger partial charge in [0.25, 0.3) is 0 Å². The molecule has 0 amide bonds. The molecule has 0 aromatic heterocycles. The molecule has 0 radical (unpaired) electrons. The van der Waals surface area contributed by atoms with Gasteiger partial charge in [-0.05, 0) is 62.4 Å². The van der Waals surface area contributed by atoms with Crippen molar-refractivity contribution in [2.75, 3.05) is 14.2 Å². The predicted molar refractivity (Wildman–Crippen MR) is 101 cm³/mol. The lowest BCUT2D eigenvalue weighted by Crippen LogP contribution is -2.35. The summed E-state index contributed by atoms with van der Waals surface area (Å²) in [5, 5.41) is 0. The van der Waals surface area contributed by atoms with E-state index < -0.39 is 15.6 Å². The smallest absolute Gasteiger partial charge is 0.241 e. The zero-order valence-electron chi connectivity index (χ0n) is 15.8. The van der Waals surface area contributed by atoms with Gasteiger partial charge in [0.2, 0.25) is 10.0 Å². The Balaban J connectivity index is 1.98. The standard InChI is InChI=1S/C20H25NO4S/c1-13-10-14(2)19(15(3)11-13)26(22,23)21-20(8-9-20)16-6-7-17(24-4)18(12-16)25-5/h6-7,10-12,21H,8-9H2,1-5H3. The molecular formula is C20H25NO4S. The van der Waals surface area contributed by atoms with E-state index in [1.54, 1.807) is 14.2 Å². The second-order valence-corrected chi connectivity index (χ2v) is 8.60. The summed E-state index contributed by atoms with van der Waals surface area (Å²) in [5.41, 5.74) is 2.89. The van der Waals surface area contributed by atoms with Gasteiger partial charge in [-0.3, -0.25) is 0 Å². The first-order valence-corrected chi connectivity index (χ1v) is 10.0. The first kappa shape index (κ1) is 18.7. The maximum Gasteiger partial charge on any atom is 0.241 e. The van der Waals surface area contributed by atoms with Crippen LogP contribution in [0.2, 0.25) is 0 Å². The molecule has 6 heteroatoms. The van der Waals surface area contributed by atoms with Crippen LogP contribution in [0.4, 0.5) is 0 Å². The van der Waals surface area contributed by atoms with E-state index in [4.69, 9.17) is 9.47 Å². The highest BCUT2D eigenvalue weighted by Gasteiger charge is 2.48. The van der Waals surface area contributed by atoms with Crippen LogP contribution in [0.15, 0.2) is 35.2 Å². The third kappa shape index (κ3) is 3.31. The number of methoxy groups -OCH3 is 2. The molecule has 0 bridgehead atoms. The lowest BCUT2D eigenvalue weighted by molar-refractivity contribution is 0.354. The van der Waals surface area contributed by atoms with Crippen LogP contribution in [-0.2, 0) is 15.6 Å². The molecule has 1 fully saturated rings. The van der Waals surface area contributed by atoms with Gasteiger partial charge in [-0.1, -0.05) is 23.8 Å². The number of nitrogens with one attached hydrogen (secondary N) is 1. The summed E-state index contributed by atoms with van der Waals surface area (Å²) in [6.45, 7) is 5.64. The van der Waals surface area contributed by atoms with E-state index in [-0.39, 0.29) is 0 Å². The topological polar surface area (TPSA) is 64.6 Å². The summed E-state index contributed by atoms with van der Waals surface area (Å²) < 4.78 is 39.8. The Morgan fingerprint density at radius 2 is 1.50 bits per heavy atom. The van der Waals surface area contributed by atoms with Gasteiger partial charge in [0.1, 0.15) is 0 Å². The second-order valence-electron chi connectivity index (χ2n) is 6.99. The number of benzene rings is 2. The van der Waals surface area contributed by atoms with Gasteiger partial charge >= 0.3 is 0 Å². The van der Waals surface area contributed by atoms with Crippen LogP contribution < -0.4 is 14.2 Å². The van der Waals surface area contributed by atoms with E-state index in [9.17, 15) is 8.42 Å². The number of aryl methyl sites for hydroxylation is 3. The summed E-state index contributed by atoms with van der Waals surface area (Å²) in [6.07, 6.45) is 1.51. The molecule has 140 valence electrons. The Morgan fingerprint density at radius 1 is 0.923 bits per heavy atom. The molecule has 0 aliphatic heterocycles. The summed E-state index contributed by atoms with van der Waals surface area (Å²) in [4.78, 5) is 0.370. The van der Waals surface area contributed by atoms with Gasteiger partial charge < -0.3 is 9.47 Å². The third-order valence-electron chi connectivity index (χ3n) is 4.89. The highest BCUT2D eigenvalue weighted by Crippen LogP contribution is 2.48. The molecule has 2 aromatic carbocycles. The molecule has 26 heavy (non-hydrogen) atoms. The van der Waals surface area contributed by atoms with Crippen molar-refractivity contribution in [1.29, 1.82) is 0 Å². The molecule has 2 aromatic rings. The monoisotopic (exact) mass is 375 g/mol. The van der Waals surface area contributed by atoms with Crippen molar-refractivity contribution in [2.45, 2.75) is 44.0 Å². The lowest BCUT2D eigenvalue weighted by Gasteiger charge is -2.21. The highest BCUT2D eigenvalue weighted by atomic mass is 32.2. The van der Waals surface area contributed by atoms with E-state index in [1.165, 1.54) is 0 Å². The van der Waals surface area contributed by atoms with Gasteiger partial charge in [-0.15, -0.1) is 0 Å². The van der Waals surface area contributed by atoms with Crippen LogP contribution in [-0.4, -0.2) is 22.6 Å². The van der Waals surface area contributed by atoms with Gasteiger partial charge in [-0.25, -0.2) is 13.1 Å². The van der Waals surface area contributed by atoms with E-state index in [0.717, 1.165) is 35.1 Å². The Bertz CT molecular complexity index is 923. The predicted octanol–water partition coefficient (Wildman–Crippen LogP) is 3.60. The summed E-state index contributed by atoms with van der Waals surface area (Å²) in [7, 11) is -0.486. The molecule has 3 rings (SSSR count). The van der Waals surface area contributed by atoms with Crippen molar-refractivity contribution < 1.29 is 17.9 Å². The normalized spacial score (nSPS) is 15.6. The van der Waals surface area contributed by atoms with Crippen molar-refractivity contribution in [2.24, 2.45) is 0 Å². The number of sulfonamides is 1. The fourth-order valence-corrected chi connectivity index (χ4v) is 5.51. The average molecular weight is 375 g/mol. The van der Waals surface area contributed by atoms with E-state index in [0.29, 0.717) is 16.4 Å². The van der Waals surface area contributed by atoms with Gasteiger partial charge in [-0.2, -0.15) is 0 Å². The summed E-state index contributed by atoms with van der Waals surface area (Å²) in [6, 6.07) is 9.36. The van der Waals surface area contributed by atoms with Crippen molar-refractivity contribution >= 4 is 10.0 Å². The molecule has 1 aliphatic rings. The number of hydrogen-bond acceptors (Lipinski definition) is 4. The first-order chi connectivity index (χ1) is 12.2. The SMILES string of the molecule is COc1ccc(C2(NS(=O)(=O)c3c(C)cc(C)cc3C)CC2)cc1OC. The Morgan fingerprint density at radius 3 is 2.00 bits per heavy atom. The minimum atomic E-state index is -3.64. The molecule has 5 nitrogen and oxygen atoms in total. The van der Waals surface area contributed by atoms with Crippen molar-refractivity contribution in [3.63, 3.8) is 0 Å². The maximum atomic E-state index is 13.1. The van der Waals surface area contributed by atoms with Gasteiger partial charge in [0.15, 0.2) is 11.5 Å². The van der Waals surface area contributed by atoms with E-state index in [2.05, 4.69) is 4.72 Å². The van der Waals surface area contributed by atoms with Crippen LogP contribution in [0, 0.1) is 20.8 Å². The van der Waals surface area contributed by atoms with Gasteiger partial charge in [0.05, 0.1) is 24.7 Å². The molecule has 1 N–H and O–H groups in total. The van der Waals surface area contributed by atoms with Crippen LogP contribution in [0.5, 0.6) is 11.5 Å². The van der Waals surface area contributed by atoms with Gasteiger partial charge in [0, 0.05) is 0 Å². The third-order valence-corrected chi connectivity index (χ3v) is 6.73. The van der Waals surface area contributed by atoms with Crippen LogP contribution in [0.25, 0.3) is 0 Å². The molecule has 0 heterocycles. The summed E-state index contributed by atoms with van der Waals surface area (Å²) >= 11 is 0. The largest absolute Gasteiger partial charge is 0.493 e. The molecule has 0 atom stereocenters. The fourth-order valence-electron chi connectivity index (χ4n) is 3.61. The van der Waals surface area contributed by atoms with Crippen molar-refractivity contribution in [3.05, 3.63) is 52.6 Å². The number of rotatable bonds is 6. The van der Waals surface area contributed by atoms with Crippen molar-refractivity contribution in [3.8, 4) is 11.5 Å². The molecular weight excluding hydrogens is 350 g/mol. The minimum Gasteiger partial charge on any atom is -0.493 e. The summed E-state index contributed by atoms with van der Waals surface area (Å²) in [5.74, 6) is 1.22. The minimum absolute atomic E-state index is 0.370. The molecule has 1 saturated carbocycles. The molecule has 0 saturated heterocycles. The van der Waals surface area contributed by atoms with E-state index >= 15 is 0 Å². The second kappa shape index (κ2) is 6.59. The van der Waals surface area contributed by atoms with Crippen LogP contribution in [0.1, 0.15) is 35.1 Å². The fraction of sp³-hybridized carbons (Fsp3) is 0.400. The Hall–Kier alpha value is -2.05.